The standard InChI is InChI=1S/C13H18N2O2/c1-2-8-14-11-9-12(16)15(13(11)17)10-6-4-3-5-7-10/h1,10-11,14H,3-9H2. The van der Waals surface area contributed by atoms with Crippen LogP contribution in [0, 0.1) is 12.3 Å². The molecule has 17 heavy (non-hydrogen) atoms. The molecule has 92 valence electrons. The summed E-state index contributed by atoms with van der Waals surface area (Å²) in [4.78, 5) is 25.4. The van der Waals surface area contributed by atoms with Crippen LogP contribution in [0.1, 0.15) is 38.5 Å². The maximum absolute atomic E-state index is 12.1. The molecule has 2 fully saturated rings. The van der Waals surface area contributed by atoms with E-state index in [0.717, 1.165) is 25.7 Å². The highest BCUT2D eigenvalue weighted by molar-refractivity contribution is 6.05. The number of carbonyl (C=O) groups is 2. The Balaban J connectivity index is 2.00. The Morgan fingerprint density at radius 3 is 2.65 bits per heavy atom. The molecule has 0 aromatic carbocycles. The van der Waals surface area contributed by atoms with Crippen LogP contribution >= 0.6 is 0 Å². The monoisotopic (exact) mass is 234 g/mol. The fraction of sp³-hybridized carbons (Fsp3) is 0.692. The number of nitrogens with one attached hydrogen (secondary N) is 1. The van der Waals surface area contributed by atoms with Gasteiger partial charge in [0.15, 0.2) is 0 Å². The minimum atomic E-state index is -0.402. The Morgan fingerprint density at radius 2 is 2.00 bits per heavy atom. The number of carbonyl (C=O) groups excluding carboxylic acids is 2. The van der Waals surface area contributed by atoms with E-state index in [-0.39, 0.29) is 24.3 Å². The second-order valence-corrected chi connectivity index (χ2v) is 4.74. The number of amides is 2. The topological polar surface area (TPSA) is 49.4 Å². The van der Waals surface area contributed by atoms with Gasteiger partial charge < -0.3 is 0 Å². The van der Waals surface area contributed by atoms with Gasteiger partial charge >= 0.3 is 0 Å². The first kappa shape index (κ1) is 12.1. The van der Waals surface area contributed by atoms with E-state index in [1.54, 1.807) is 0 Å². The molecule has 4 heteroatoms. The van der Waals surface area contributed by atoms with Crippen molar-refractivity contribution in [3.63, 3.8) is 0 Å². The van der Waals surface area contributed by atoms with Crippen LogP contribution in [0.5, 0.6) is 0 Å². The minimum absolute atomic E-state index is 0.0450. The van der Waals surface area contributed by atoms with E-state index in [4.69, 9.17) is 6.42 Å². The van der Waals surface area contributed by atoms with Gasteiger partial charge in [-0.2, -0.15) is 0 Å². The Bertz CT molecular complexity index is 353. The zero-order valence-corrected chi connectivity index (χ0v) is 9.95. The summed E-state index contributed by atoms with van der Waals surface area (Å²) in [5.41, 5.74) is 0. The van der Waals surface area contributed by atoms with Crippen molar-refractivity contribution in [3.8, 4) is 12.3 Å². The number of nitrogens with zero attached hydrogens (tertiary/aromatic N) is 1. The summed E-state index contributed by atoms with van der Waals surface area (Å²) >= 11 is 0. The Labute approximate surface area is 102 Å². The molecule has 0 aromatic rings. The number of imide groups is 1. The maximum Gasteiger partial charge on any atom is 0.247 e. The maximum atomic E-state index is 12.1. The highest BCUT2D eigenvalue weighted by Gasteiger charge is 2.41. The molecule has 0 aromatic heterocycles. The molecule has 4 nitrogen and oxygen atoms in total. The van der Waals surface area contributed by atoms with E-state index in [0.29, 0.717) is 6.54 Å². The molecule has 1 aliphatic heterocycles. The van der Waals surface area contributed by atoms with E-state index >= 15 is 0 Å². The van der Waals surface area contributed by atoms with E-state index < -0.39 is 6.04 Å². The van der Waals surface area contributed by atoms with Crippen molar-refractivity contribution in [3.05, 3.63) is 0 Å². The van der Waals surface area contributed by atoms with Crippen molar-refractivity contribution in [2.24, 2.45) is 0 Å². The van der Waals surface area contributed by atoms with Gasteiger partial charge in [0.05, 0.1) is 19.0 Å². The van der Waals surface area contributed by atoms with Gasteiger partial charge in [0.2, 0.25) is 11.8 Å². The lowest BCUT2D eigenvalue weighted by Gasteiger charge is -2.29. The Morgan fingerprint density at radius 1 is 1.29 bits per heavy atom. The van der Waals surface area contributed by atoms with Gasteiger partial charge in [-0.1, -0.05) is 25.2 Å². The second kappa shape index (κ2) is 5.33. The lowest BCUT2D eigenvalue weighted by molar-refractivity contribution is -0.142. The minimum Gasteiger partial charge on any atom is -0.295 e. The van der Waals surface area contributed by atoms with E-state index in [2.05, 4.69) is 11.2 Å². The largest absolute Gasteiger partial charge is 0.295 e. The van der Waals surface area contributed by atoms with Crippen LogP contribution in [0.3, 0.4) is 0 Å². The van der Waals surface area contributed by atoms with Gasteiger partial charge in [-0.3, -0.25) is 19.8 Å². The van der Waals surface area contributed by atoms with Crippen LogP contribution in [-0.4, -0.2) is 35.3 Å². The predicted octanol–water partition coefficient (Wildman–Crippen LogP) is 0.669. The molecular formula is C13H18N2O2. The molecule has 1 saturated carbocycles. The van der Waals surface area contributed by atoms with Crippen LogP contribution in [-0.2, 0) is 9.59 Å². The predicted molar refractivity (Wildman–Crippen MR) is 64.0 cm³/mol. The van der Waals surface area contributed by atoms with Gasteiger partial charge in [-0.15, -0.1) is 6.42 Å². The van der Waals surface area contributed by atoms with Crippen LogP contribution in [0.4, 0.5) is 0 Å². The van der Waals surface area contributed by atoms with Gasteiger partial charge in [-0.05, 0) is 12.8 Å². The van der Waals surface area contributed by atoms with Crippen molar-refractivity contribution in [2.45, 2.75) is 50.6 Å². The van der Waals surface area contributed by atoms with Crippen molar-refractivity contribution >= 4 is 11.8 Å². The number of terminal acetylenes is 1. The average Bonchev–Trinajstić information content (AvgIpc) is 2.63. The first-order valence-corrected chi connectivity index (χ1v) is 6.27. The van der Waals surface area contributed by atoms with Crippen LogP contribution in [0.25, 0.3) is 0 Å². The van der Waals surface area contributed by atoms with Crippen LogP contribution < -0.4 is 5.32 Å². The van der Waals surface area contributed by atoms with Crippen LogP contribution in [0.15, 0.2) is 0 Å². The van der Waals surface area contributed by atoms with E-state index in [1.807, 2.05) is 0 Å². The van der Waals surface area contributed by atoms with E-state index in [1.165, 1.54) is 11.3 Å². The molecule has 1 atom stereocenters. The Kier molecular flexibility index (Phi) is 3.80. The molecule has 2 aliphatic rings. The molecule has 1 saturated heterocycles. The summed E-state index contributed by atoms with van der Waals surface area (Å²) in [6, 6.07) is -0.276. The summed E-state index contributed by atoms with van der Waals surface area (Å²) in [5.74, 6) is 2.30. The molecule has 1 N–H and O–H groups in total. The summed E-state index contributed by atoms with van der Waals surface area (Å²) in [5, 5.41) is 2.93. The van der Waals surface area contributed by atoms with Crippen LogP contribution in [0.2, 0.25) is 0 Å². The zero-order valence-electron chi connectivity index (χ0n) is 9.95. The van der Waals surface area contributed by atoms with Crippen molar-refractivity contribution < 1.29 is 9.59 Å². The normalized spacial score (nSPS) is 26.3. The fourth-order valence-electron chi connectivity index (χ4n) is 2.72. The van der Waals surface area contributed by atoms with Gasteiger partial charge in [0, 0.05) is 6.04 Å². The first-order valence-electron chi connectivity index (χ1n) is 6.27. The number of likely N-dealkylation sites (tertiary alicyclic amines) is 1. The molecular weight excluding hydrogens is 216 g/mol. The fourth-order valence-corrected chi connectivity index (χ4v) is 2.72. The average molecular weight is 234 g/mol. The van der Waals surface area contributed by atoms with Crippen molar-refractivity contribution in [2.75, 3.05) is 6.54 Å². The summed E-state index contributed by atoms with van der Waals surface area (Å²) in [6.07, 6.45) is 10.8. The first-order chi connectivity index (χ1) is 8.24. The third-order valence-electron chi connectivity index (χ3n) is 3.57. The third-order valence-corrected chi connectivity index (χ3v) is 3.57. The molecule has 0 bridgehead atoms. The van der Waals surface area contributed by atoms with Crippen molar-refractivity contribution in [1.82, 2.24) is 10.2 Å². The van der Waals surface area contributed by atoms with E-state index in [9.17, 15) is 9.59 Å². The summed E-state index contributed by atoms with van der Waals surface area (Å²) in [7, 11) is 0. The van der Waals surface area contributed by atoms with Gasteiger partial charge in [0.25, 0.3) is 0 Å². The summed E-state index contributed by atoms with van der Waals surface area (Å²) in [6.45, 7) is 0.336. The second-order valence-electron chi connectivity index (χ2n) is 4.74. The molecule has 1 unspecified atom stereocenters. The molecule has 2 amide bonds. The lowest BCUT2D eigenvalue weighted by Crippen LogP contribution is -2.44. The third kappa shape index (κ3) is 2.50. The highest BCUT2D eigenvalue weighted by atomic mass is 16.2. The van der Waals surface area contributed by atoms with Gasteiger partial charge in [0.1, 0.15) is 0 Å². The smallest absolute Gasteiger partial charge is 0.247 e. The summed E-state index contributed by atoms with van der Waals surface area (Å²) < 4.78 is 0. The number of hydrogen-bond donors (Lipinski definition) is 1. The molecule has 0 spiro atoms. The lowest BCUT2D eigenvalue weighted by atomic mass is 9.94. The molecule has 0 radical (unpaired) electrons. The Hall–Kier alpha value is -1.34. The molecule has 1 aliphatic carbocycles. The SMILES string of the molecule is C#CCNC1CC(=O)N(C2CCCCC2)C1=O. The quantitative estimate of drug-likeness (QED) is 0.577. The van der Waals surface area contributed by atoms with Crippen molar-refractivity contribution in [1.29, 1.82) is 0 Å². The van der Waals surface area contributed by atoms with Gasteiger partial charge in [-0.25, -0.2) is 0 Å². The molecule has 1 heterocycles. The number of rotatable bonds is 3. The highest BCUT2D eigenvalue weighted by Crippen LogP contribution is 2.27. The number of hydrogen-bond acceptors (Lipinski definition) is 3. The zero-order chi connectivity index (χ0) is 12.3. The molecule has 2 rings (SSSR count).